The minimum Gasteiger partial charge on any atom is -0.369 e. The van der Waals surface area contributed by atoms with Gasteiger partial charge in [0.25, 0.3) is 0 Å². The maximum atomic E-state index is 14.4. The predicted octanol–water partition coefficient (Wildman–Crippen LogP) is 3.98. The first-order valence-corrected chi connectivity index (χ1v) is 8.30. The molecule has 1 unspecified atom stereocenters. The molecule has 1 atom stereocenters. The molecule has 1 saturated heterocycles. The summed E-state index contributed by atoms with van der Waals surface area (Å²) in [7, 11) is 0. The van der Waals surface area contributed by atoms with E-state index in [1.807, 2.05) is 12.1 Å². The Balaban J connectivity index is 2.01. The predicted molar refractivity (Wildman–Crippen MR) is 88.1 cm³/mol. The standard InChI is InChI=1S/C18H29FN2/c1-4-16(20)11-14-5-6-18(17(19)12-14)21-9-7-15(8-10-21)13(2)3/h5-6,12-13,15-16H,4,7-11,20H2,1-3H3. The Morgan fingerprint density at radius 2 is 1.95 bits per heavy atom. The van der Waals surface area contributed by atoms with Crippen molar-refractivity contribution in [2.75, 3.05) is 18.0 Å². The van der Waals surface area contributed by atoms with Crippen LogP contribution >= 0.6 is 0 Å². The quantitative estimate of drug-likeness (QED) is 0.889. The molecule has 1 heterocycles. The van der Waals surface area contributed by atoms with Crippen LogP contribution in [0.5, 0.6) is 0 Å². The summed E-state index contributed by atoms with van der Waals surface area (Å²) in [5, 5.41) is 0. The Kier molecular flexibility index (Phi) is 5.63. The lowest BCUT2D eigenvalue weighted by Crippen LogP contribution is -2.35. The molecular weight excluding hydrogens is 263 g/mol. The van der Waals surface area contributed by atoms with Gasteiger partial charge in [0.1, 0.15) is 5.82 Å². The van der Waals surface area contributed by atoms with Crippen LogP contribution in [0.25, 0.3) is 0 Å². The van der Waals surface area contributed by atoms with Crippen molar-refractivity contribution in [2.45, 2.75) is 52.5 Å². The number of rotatable bonds is 5. The van der Waals surface area contributed by atoms with E-state index in [1.54, 1.807) is 6.07 Å². The fourth-order valence-corrected chi connectivity index (χ4v) is 3.19. The van der Waals surface area contributed by atoms with E-state index >= 15 is 0 Å². The van der Waals surface area contributed by atoms with E-state index in [-0.39, 0.29) is 11.9 Å². The van der Waals surface area contributed by atoms with Crippen LogP contribution in [-0.2, 0) is 6.42 Å². The van der Waals surface area contributed by atoms with E-state index in [0.717, 1.165) is 49.0 Å². The fraction of sp³-hybridized carbons (Fsp3) is 0.667. The van der Waals surface area contributed by atoms with Crippen molar-refractivity contribution < 1.29 is 4.39 Å². The summed E-state index contributed by atoms with van der Waals surface area (Å²) in [5.74, 6) is 1.42. The molecular formula is C18H29FN2. The van der Waals surface area contributed by atoms with Gasteiger partial charge in [-0.3, -0.25) is 0 Å². The van der Waals surface area contributed by atoms with Gasteiger partial charge in [-0.15, -0.1) is 0 Å². The highest BCUT2D eigenvalue weighted by molar-refractivity contribution is 5.49. The number of halogens is 1. The zero-order chi connectivity index (χ0) is 15.4. The summed E-state index contributed by atoms with van der Waals surface area (Å²) < 4.78 is 14.4. The molecule has 1 fully saturated rings. The number of benzene rings is 1. The molecule has 3 heteroatoms. The van der Waals surface area contributed by atoms with Crippen molar-refractivity contribution >= 4 is 5.69 Å². The summed E-state index contributed by atoms with van der Waals surface area (Å²) in [6.45, 7) is 8.56. The van der Waals surface area contributed by atoms with Gasteiger partial charge in [0, 0.05) is 19.1 Å². The summed E-state index contributed by atoms with van der Waals surface area (Å²) in [6.07, 6.45) is 4.01. The van der Waals surface area contributed by atoms with Crippen LogP contribution < -0.4 is 10.6 Å². The highest BCUT2D eigenvalue weighted by atomic mass is 19.1. The zero-order valence-corrected chi connectivity index (χ0v) is 13.6. The number of nitrogens with zero attached hydrogens (tertiary/aromatic N) is 1. The van der Waals surface area contributed by atoms with Gasteiger partial charge in [-0.2, -0.15) is 0 Å². The molecule has 118 valence electrons. The molecule has 0 amide bonds. The van der Waals surface area contributed by atoms with Crippen LogP contribution in [0.15, 0.2) is 18.2 Å². The smallest absolute Gasteiger partial charge is 0.146 e. The van der Waals surface area contributed by atoms with Gasteiger partial charge in [-0.1, -0.05) is 26.8 Å². The number of nitrogens with two attached hydrogens (primary N) is 1. The van der Waals surface area contributed by atoms with Gasteiger partial charge in [0.15, 0.2) is 0 Å². The lowest BCUT2D eigenvalue weighted by Gasteiger charge is -2.35. The van der Waals surface area contributed by atoms with E-state index in [2.05, 4.69) is 25.7 Å². The molecule has 1 aliphatic heterocycles. The molecule has 0 aliphatic carbocycles. The van der Waals surface area contributed by atoms with Crippen molar-refractivity contribution in [1.82, 2.24) is 0 Å². The summed E-state index contributed by atoms with van der Waals surface area (Å²) >= 11 is 0. The third-order valence-corrected chi connectivity index (χ3v) is 4.86. The molecule has 1 aromatic carbocycles. The second-order valence-electron chi connectivity index (χ2n) is 6.73. The second-order valence-corrected chi connectivity index (χ2v) is 6.73. The van der Waals surface area contributed by atoms with Gasteiger partial charge >= 0.3 is 0 Å². The molecule has 2 N–H and O–H groups in total. The summed E-state index contributed by atoms with van der Waals surface area (Å²) in [4.78, 5) is 2.19. The number of hydrogen-bond acceptors (Lipinski definition) is 2. The average Bonchev–Trinajstić information content (AvgIpc) is 2.47. The van der Waals surface area contributed by atoms with E-state index in [9.17, 15) is 4.39 Å². The molecule has 1 aromatic rings. The normalized spacial score (nSPS) is 18.3. The SMILES string of the molecule is CCC(N)Cc1ccc(N2CCC(C(C)C)CC2)c(F)c1. The summed E-state index contributed by atoms with van der Waals surface area (Å²) in [5.41, 5.74) is 7.70. The Morgan fingerprint density at radius 1 is 1.29 bits per heavy atom. The van der Waals surface area contributed by atoms with E-state index in [4.69, 9.17) is 5.73 Å². The van der Waals surface area contributed by atoms with Crippen LogP contribution in [0.1, 0.15) is 45.6 Å². The fourth-order valence-electron chi connectivity index (χ4n) is 3.19. The topological polar surface area (TPSA) is 29.3 Å². The van der Waals surface area contributed by atoms with Crippen LogP contribution in [0.4, 0.5) is 10.1 Å². The lowest BCUT2D eigenvalue weighted by molar-refractivity contribution is 0.310. The van der Waals surface area contributed by atoms with E-state index in [1.165, 1.54) is 12.8 Å². The van der Waals surface area contributed by atoms with Crippen molar-refractivity contribution in [3.05, 3.63) is 29.6 Å². The number of piperidine rings is 1. The van der Waals surface area contributed by atoms with Crippen LogP contribution in [0.2, 0.25) is 0 Å². The Labute approximate surface area is 128 Å². The maximum absolute atomic E-state index is 14.4. The largest absolute Gasteiger partial charge is 0.369 e. The molecule has 1 aliphatic rings. The van der Waals surface area contributed by atoms with Crippen LogP contribution in [0.3, 0.4) is 0 Å². The van der Waals surface area contributed by atoms with Crippen molar-refractivity contribution in [3.8, 4) is 0 Å². The maximum Gasteiger partial charge on any atom is 0.146 e. The van der Waals surface area contributed by atoms with Crippen LogP contribution in [0, 0.1) is 17.7 Å². The van der Waals surface area contributed by atoms with E-state index in [0.29, 0.717) is 0 Å². The lowest BCUT2D eigenvalue weighted by atomic mass is 9.86. The van der Waals surface area contributed by atoms with Gasteiger partial charge in [0.05, 0.1) is 5.69 Å². The average molecular weight is 292 g/mol. The minimum absolute atomic E-state index is 0.0983. The Bertz CT molecular complexity index is 451. The monoisotopic (exact) mass is 292 g/mol. The third-order valence-electron chi connectivity index (χ3n) is 4.86. The highest BCUT2D eigenvalue weighted by Crippen LogP contribution is 2.29. The zero-order valence-electron chi connectivity index (χ0n) is 13.6. The van der Waals surface area contributed by atoms with Crippen molar-refractivity contribution in [2.24, 2.45) is 17.6 Å². The first kappa shape index (κ1) is 16.3. The molecule has 2 rings (SSSR count). The Hall–Kier alpha value is -1.09. The Morgan fingerprint density at radius 3 is 2.48 bits per heavy atom. The first-order valence-electron chi connectivity index (χ1n) is 8.30. The van der Waals surface area contributed by atoms with E-state index < -0.39 is 0 Å². The van der Waals surface area contributed by atoms with Gasteiger partial charge in [-0.25, -0.2) is 4.39 Å². The molecule has 0 aromatic heterocycles. The van der Waals surface area contributed by atoms with Gasteiger partial charge < -0.3 is 10.6 Å². The van der Waals surface area contributed by atoms with Crippen LogP contribution in [-0.4, -0.2) is 19.1 Å². The minimum atomic E-state index is -0.0983. The molecule has 21 heavy (non-hydrogen) atoms. The molecule has 0 saturated carbocycles. The highest BCUT2D eigenvalue weighted by Gasteiger charge is 2.23. The summed E-state index contributed by atoms with van der Waals surface area (Å²) in [6, 6.07) is 5.75. The van der Waals surface area contributed by atoms with Gasteiger partial charge in [0.2, 0.25) is 0 Å². The molecule has 0 spiro atoms. The second kappa shape index (κ2) is 7.26. The van der Waals surface area contributed by atoms with Crippen molar-refractivity contribution in [3.63, 3.8) is 0 Å². The molecule has 2 nitrogen and oxygen atoms in total. The molecule has 0 radical (unpaired) electrons. The molecule has 0 bridgehead atoms. The number of anilines is 1. The third kappa shape index (κ3) is 4.19. The van der Waals surface area contributed by atoms with Crippen molar-refractivity contribution in [1.29, 1.82) is 0 Å². The van der Waals surface area contributed by atoms with Gasteiger partial charge in [-0.05, 0) is 55.2 Å². The number of hydrogen-bond donors (Lipinski definition) is 1. The first-order chi connectivity index (χ1) is 10.0.